The molecule has 0 radical (unpaired) electrons. The first-order chi connectivity index (χ1) is 11.4. The van der Waals surface area contributed by atoms with Crippen molar-refractivity contribution in [2.75, 3.05) is 17.9 Å². The molecule has 0 amide bonds. The van der Waals surface area contributed by atoms with Gasteiger partial charge in [-0.15, -0.1) is 0 Å². The van der Waals surface area contributed by atoms with E-state index in [0.29, 0.717) is 34.9 Å². The Morgan fingerprint density at radius 1 is 1.04 bits per heavy atom. The van der Waals surface area contributed by atoms with Gasteiger partial charge >= 0.3 is 0 Å². The van der Waals surface area contributed by atoms with Crippen molar-refractivity contribution in [1.29, 1.82) is 0 Å². The summed E-state index contributed by atoms with van der Waals surface area (Å²) >= 11 is 9.28. The summed E-state index contributed by atoms with van der Waals surface area (Å²) in [6.45, 7) is 4.63. The average Bonchev–Trinajstić information content (AvgIpc) is 2.49. The lowest BCUT2D eigenvalue weighted by Crippen LogP contribution is -2.13. The minimum atomic E-state index is -3.82. The lowest BCUT2D eigenvalue weighted by atomic mass is 10.3. The minimum absolute atomic E-state index is 0.000730. The summed E-state index contributed by atoms with van der Waals surface area (Å²) in [5, 5.41) is 0.132. The maximum absolute atomic E-state index is 12.5. The average molecular weight is 435 g/mol. The van der Waals surface area contributed by atoms with Crippen molar-refractivity contribution < 1.29 is 17.9 Å². The number of hydrogen-bond donors (Lipinski definition) is 1. The zero-order chi connectivity index (χ0) is 17.7. The summed E-state index contributed by atoms with van der Waals surface area (Å²) in [5.41, 5.74) is 0.362. The first-order valence-corrected chi connectivity index (χ1v) is 9.90. The van der Waals surface area contributed by atoms with E-state index in [2.05, 4.69) is 20.7 Å². The quantitative estimate of drug-likeness (QED) is 0.686. The zero-order valence-corrected chi connectivity index (χ0v) is 16.3. The van der Waals surface area contributed by atoms with Crippen LogP contribution >= 0.6 is 27.5 Å². The van der Waals surface area contributed by atoms with Crippen LogP contribution in [0.15, 0.2) is 45.8 Å². The van der Waals surface area contributed by atoms with Crippen LogP contribution in [0, 0.1) is 0 Å². The molecule has 0 saturated heterocycles. The Bertz CT molecular complexity index is 827. The topological polar surface area (TPSA) is 64.6 Å². The highest BCUT2D eigenvalue weighted by molar-refractivity contribution is 9.10. The predicted molar refractivity (Wildman–Crippen MR) is 98.7 cm³/mol. The number of rotatable bonds is 7. The fourth-order valence-electron chi connectivity index (χ4n) is 2.02. The summed E-state index contributed by atoms with van der Waals surface area (Å²) in [7, 11) is -3.82. The summed E-state index contributed by atoms with van der Waals surface area (Å²) in [4.78, 5) is -0.000730. The molecule has 0 unspecified atom stereocenters. The van der Waals surface area contributed by atoms with Crippen molar-refractivity contribution in [3.8, 4) is 11.5 Å². The van der Waals surface area contributed by atoms with Crippen molar-refractivity contribution in [1.82, 2.24) is 0 Å². The van der Waals surface area contributed by atoms with Gasteiger partial charge in [0.05, 0.1) is 23.9 Å². The van der Waals surface area contributed by atoms with Crippen molar-refractivity contribution >= 4 is 43.2 Å². The number of hydrogen-bond acceptors (Lipinski definition) is 4. The third-order valence-corrected chi connectivity index (χ3v) is 5.34. The molecular formula is C16H17BrClNO4S. The van der Waals surface area contributed by atoms with E-state index in [0.717, 1.165) is 0 Å². The second-order valence-corrected chi connectivity index (χ2v) is 7.68. The Kier molecular flexibility index (Phi) is 6.37. The standard InChI is InChI=1S/C16H17BrClNO4S/c1-3-22-14-7-6-12(10-15(14)23-4-2)19-24(20,21)16-8-5-11(17)9-13(16)18/h5-10,19H,3-4H2,1-2H3. The largest absolute Gasteiger partial charge is 0.490 e. The second-order valence-electron chi connectivity index (χ2n) is 4.71. The monoisotopic (exact) mass is 433 g/mol. The number of sulfonamides is 1. The van der Waals surface area contributed by atoms with E-state index >= 15 is 0 Å². The SMILES string of the molecule is CCOc1ccc(NS(=O)(=O)c2ccc(Br)cc2Cl)cc1OCC. The van der Waals surface area contributed by atoms with Crippen LogP contribution in [0.25, 0.3) is 0 Å². The molecule has 2 rings (SSSR count). The maximum atomic E-state index is 12.5. The van der Waals surface area contributed by atoms with E-state index < -0.39 is 10.0 Å². The minimum Gasteiger partial charge on any atom is -0.490 e. The molecule has 0 heterocycles. The van der Waals surface area contributed by atoms with Gasteiger partial charge in [-0.05, 0) is 44.2 Å². The Balaban J connectivity index is 2.33. The van der Waals surface area contributed by atoms with Gasteiger partial charge in [0.15, 0.2) is 11.5 Å². The number of nitrogens with one attached hydrogen (secondary N) is 1. The molecule has 0 aliphatic heterocycles. The van der Waals surface area contributed by atoms with Crippen LogP contribution in [0.1, 0.15) is 13.8 Å². The lowest BCUT2D eigenvalue weighted by Gasteiger charge is -2.14. The van der Waals surface area contributed by atoms with Gasteiger partial charge in [0.25, 0.3) is 10.0 Å². The summed E-state index contributed by atoms with van der Waals surface area (Å²) < 4.78 is 39.2. The zero-order valence-electron chi connectivity index (χ0n) is 13.2. The van der Waals surface area contributed by atoms with Gasteiger partial charge in [0, 0.05) is 10.5 Å². The Morgan fingerprint density at radius 3 is 2.33 bits per heavy atom. The Hall–Kier alpha value is -1.44. The van der Waals surface area contributed by atoms with Gasteiger partial charge in [-0.1, -0.05) is 27.5 Å². The van der Waals surface area contributed by atoms with Crippen molar-refractivity contribution in [2.45, 2.75) is 18.7 Å². The molecule has 2 aromatic carbocycles. The van der Waals surface area contributed by atoms with Gasteiger partial charge < -0.3 is 9.47 Å². The lowest BCUT2D eigenvalue weighted by molar-refractivity contribution is 0.288. The normalized spacial score (nSPS) is 11.2. The van der Waals surface area contributed by atoms with E-state index in [1.165, 1.54) is 12.1 Å². The van der Waals surface area contributed by atoms with Crippen molar-refractivity contribution in [3.63, 3.8) is 0 Å². The van der Waals surface area contributed by atoms with Crippen LogP contribution in [0.2, 0.25) is 5.02 Å². The Morgan fingerprint density at radius 2 is 1.71 bits per heavy atom. The van der Waals surface area contributed by atoms with Crippen LogP contribution in [-0.2, 0) is 10.0 Å². The molecule has 0 aliphatic carbocycles. The van der Waals surface area contributed by atoms with E-state index in [1.807, 2.05) is 13.8 Å². The molecule has 130 valence electrons. The third-order valence-electron chi connectivity index (χ3n) is 2.98. The molecule has 0 spiro atoms. The summed E-state index contributed by atoms with van der Waals surface area (Å²) in [6.07, 6.45) is 0. The molecule has 1 N–H and O–H groups in total. The second kappa shape index (κ2) is 8.09. The maximum Gasteiger partial charge on any atom is 0.263 e. The Labute approximate surface area is 155 Å². The van der Waals surface area contributed by atoms with E-state index in [9.17, 15) is 8.42 Å². The van der Waals surface area contributed by atoms with Gasteiger partial charge in [-0.2, -0.15) is 0 Å². The molecule has 0 aromatic heterocycles. The van der Waals surface area contributed by atoms with Gasteiger partial charge in [0.2, 0.25) is 0 Å². The summed E-state index contributed by atoms with van der Waals surface area (Å²) in [6, 6.07) is 9.43. The third kappa shape index (κ3) is 4.55. The molecule has 24 heavy (non-hydrogen) atoms. The number of benzene rings is 2. The first kappa shape index (κ1) is 18.9. The van der Waals surface area contributed by atoms with E-state index in [4.69, 9.17) is 21.1 Å². The fourth-order valence-corrected chi connectivity index (χ4v) is 4.11. The molecule has 0 atom stereocenters. The molecule has 0 saturated carbocycles. The van der Waals surface area contributed by atoms with Gasteiger partial charge in [-0.3, -0.25) is 4.72 Å². The smallest absolute Gasteiger partial charge is 0.263 e. The van der Waals surface area contributed by atoms with Crippen molar-refractivity contribution in [3.05, 3.63) is 45.9 Å². The van der Waals surface area contributed by atoms with Crippen LogP contribution in [0.3, 0.4) is 0 Å². The molecule has 8 heteroatoms. The van der Waals surface area contributed by atoms with Crippen LogP contribution in [0.5, 0.6) is 11.5 Å². The number of halogens is 2. The van der Waals surface area contributed by atoms with Crippen LogP contribution < -0.4 is 14.2 Å². The first-order valence-electron chi connectivity index (χ1n) is 7.25. The van der Waals surface area contributed by atoms with Crippen molar-refractivity contribution in [2.24, 2.45) is 0 Å². The molecular weight excluding hydrogens is 418 g/mol. The van der Waals surface area contributed by atoms with Crippen LogP contribution in [-0.4, -0.2) is 21.6 Å². The highest BCUT2D eigenvalue weighted by atomic mass is 79.9. The highest BCUT2D eigenvalue weighted by Crippen LogP contribution is 2.32. The summed E-state index contributed by atoms with van der Waals surface area (Å²) in [5.74, 6) is 1.03. The predicted octanol–water partition coefficient (Wildman–Crippen LogP) is 4.70. The van der Waals surface area contributed by atoms with Gasteiger partial charge in [-0.25, -0.2) is 8.42 Å². The highest BCUT2D eigenvalue weighted by Gasteiger charge is 2.19. The van der Waals surface area contributed by atoms with Gasteiger partial charge in [0.1, 0.15) is 4.90 Å². The number of ether oxygens (including phenoxy) is 2. The molecule has 2 aromatic rings. The molecule has 0 fully saturated rings. The fraction of sp³-hybridized carbons (Fsp3) is 0.250. The van der Waals surface area contributed by atoms with Crippen LogP contribution in [0.4, 0.5) is 5.69 Å². The van der Waals surface area contributed by atoms with E-state index in [1.54, 1.807) is 24.3 Å². The van der Waals surface area contributed by atoms with E-state index in [-0.39, 0.29) is 9.92 Å². The molecule has 0 aliphatic rings. The number of anilines is 1. The molecule has 0 bridgehead atoms. The molecule has 5 nitrogen and oxygen atoms in total.